The smallest absolute Gasteiger partial charge is 0.191 e. The van der Waals surface area contributed by atoms with Crippen molar-refractivity contribution in [3.05, 3.63) is 40.8 Å². The maximum atomic E-state index is 11.9. The second-order valence-corrected chi connectivity index (χ2v) is 3.61. The topological polar surface area (TPSA) is 57.9 Å². The van der Waals surface area contributed by atoms with Gasteiger partial charge in [-0.25, -0.2) is 0 Å². The summed E-state index contributed by atoms with van der Waals surface area (Å²) in [6, 6.07) is 5.34. The summed E-state index contributed by atoms with van der Waals surface area (Å²) >= 11 is 0. The van der Waals surface area contributed by atoms with Crippen molar-refractivity contribution in [1.29, 1.82) is 0 Å². The van der Waals surface area contributed by atoms with Crippen LogP contribution < -0.4 is 10.2 Å². The molecule has 1 aromatic carbocycles. The highest BCUT2D eigenvalue weighted by Gasteiger charge is 2.10. The van der Waals surface area contributed by atoms with Gasteiger partial charge in [0.1, 0.15) is 5.75 Å². The first-order chi connectivity index (χ1) is 7.81. The summed E-state index contributed by atoms with van der Waals surface area (Å²) in [7, 11) is 1.60. The van der Waals surface area contributed by atoms with E-state index in [9.17, 15) is 4.79 Å². The quantitative estimate of drug-likeness (QED) is 0.651. The number of methoxy groups -OCH3 is 1. The van der Waals surface area contributed by atoms with E-state index in [4.69, 9.17) is 4.74 Å². The minimum Gasteiger partial charge on any atom is -0.495 e. The molecule has 2 aromatic heterocycles. The lowest BCUT2D eigenvalue weighted by atomic mass is 10.1. The largest absolute Gasteiger partial charge is 0.495 e. The number of H-pyrrole nitrogens is 2. The number of fused-ring (bicyclic) bond motifs is 3. The molecule has 4 heteroatoms. The van der Waals surface area contributed by atoms with Crippen molar-refractivity contribution in [2.24, 2.45) is 0 Å². The number of aromatic amines is 2. The van der Waals surface area contributed by atoms with Gasteiger partial charge >= 0.3 is 0 Å². The molecule has 0 bridgehead atoms. The number of ether oxygens (including phenoxy) is 1. The summed E-state index contributed by atoms with van der Waals surface area (Å²) in [6.07, 6.45) is 3.44. The van der Waals surface area contributed by atoms with Crippen LogP contribution in [0.5, 0.6) is 5.75 Å². The van der Waals surface area contributed by atoms with Gasteiger partial charge in [-0.05, 0) is 12.1 Å². The molecule has 0 fully saturated rings. The Labute approximate surface area is 90.9 Å². The predicted molar refractivity (Wildman–Crippen MR) is 63.0 cm³/mol. The lowest BCUT2D eigenvalue weighted by Crippen LogP contribution is -2.02. The van der Waals surface area contributed by atoms with E-state index >= 15 is 0 Å². The van der Waals surface area contributed by atoms with Gasteiger partial charge in [0.05, 0.1) is 23.5 Å². The van der Waals surface area contributed by atoms with Gasteiger partial charge in [0.15, 0.2) is 5.43 Å². The van der Waals surface area contributed by atoms with E-state index < -0.39 is 0 Å². The van der Waals surface area contributed by atoms with Crippen LogP contribution in [0.15, 0.2) is 35.4 Å². The Balaban J connectivity index is 2.68. The molecule has 3 rings (SSSR count). The van der Waals surface area contributed by atoms with Crippen LogP contribution in [0, 0.1) is 0 Å². The predicted octanol–water partition coefficient (Wildman–Crippen LogP) is 2.02. The number of rotatable bonds is 1. The van der Waals surface area contributed by atoms with Crippen molar-refractivity contribution < 1.29 is 4.74 Å². The first-order valence-corrected chi connectivity index (χ1v) is 4.97. The van der Waals surface area contributed by atoms with Crippen molar-refractivity contribution in [1.82, 2.24) is 9.97 Å². The maximum Gasteiger partial charge on any atom is 0.191 e. The molecule has 2 N–H and O–H groups in total. The minimum atomic E-state index is -0.0138. The zero-order valence-corrected chi connectivity index (χ0v) is 8.70. The van der Waals surface area contributed by atoms with Crippen molar-refractivity contribution in [2.45, 2.75) is 0 Å². The lowest BCUT2D eigenvalue weighted by Gasteiger charge is -2.05. The molecule has 0 radical (unpaired) electrons. The number of benzene rings is 1. The monoisotopic (exact) mass is 214 g/mol. The Bertz CT molecular complexity index is 725. The molecule has 0 atom stereocenters. The van der Waals surface area contributed by atoms with Gasteiger partial charge in [-0.2, -0.15) is 0 Å². The molecule has 2 heterocycles. The molecular formula is C12H10N2O2. The third kappa shape index (κ3) is 1.07. The molecular weight excluding hydrogens is 204 g/mol. The number of aromatic nitrogens is 2. The zero-order valence-electron chi connectivity index (χ0n) is 8.70. The molecule has 16 heavy (non-hydrogen) atoms. The Morgan fingerprint density at radius 3 is 2.69 bits per heavy atom. The number of nitrogens with one attached hydrogen (secondary N) is 2. The molecule has 0 spiro atoms. The average molecular weight is 214 g/mol. The molecule has 80 valence electrons. The van der Waals surface area contributed by atoms with E-state index in [0.29, 0.717) is 11.1 Å². The summed E-state index contributed by atoms with van der Waals surface area (Å²) in [5.74, 6) is 0.680. The highest BCUT2D eigenvalue weighted by atomic mass is 16.5. The SMILES string of the molecule is COc1cc2cc[nH]c2c2c(=O)cc[nH]c12. The second kappa shape index (κ2) is 3.13. The van der Waals surface area contributed by atoms with Gasteiger partial charge in [0.2, 0.25) is 0 Å². The summed E-state index contributed by atoms with van der Waals surface area (Å²) in [5, 5.41) is 1.61. The summed E-state index contributed by atoms with van der Waals surface area (Å²) < 4.78 is 5.28. The van der Waals surface area contributed by atoms with E-state index in [1.54, 1.807) is 13.3 Å². The maximum absolute atomic E-state index is 11.9. The fraction of sp³-hybridized carbons (Fsp3) is 0.0833. The standard InChI is InChI=1S/C12H10N2O2/c1-16-9-6-7-2-4-13-11(7)10-8(15)3-5-14-12(9)10/h2-6,13H,1H3,(H,14,15). The first-order valence-electron chi connectivity index (χ1n) is 4.97. The van der Waals surface area contributed by atoms with E-state index in [-0.39, 0.29) is 5.43 Å². The fourth-order valence-corrected chi connectivity index (χ4v) is 2.01. The van der Waals surface area contributed by atoms with E-state index in [1.807, 2.05) is 18.3 Å². The fourth-order valence-electron chi connectivity index (χ4n) is 2.01. The Morgan fingerprint density at radius 2 is 1.88 bits per heavy atom. The molecule has 0 saturated carbocycles. The van der Waals surface area contributed by atoms with Gasteiger partial charge in [-0.3, -0.25) is 4.79 Å². The Hall–Kier alpha value is -2.23. The Kier molecular flexibility index (Phi) is 1.77. The average Bonchev–Trinajstić information content (AvgIpc) is 2.75. The molecule has 0 aliphatic carbocycles. The lowest BCUT2D eigenvalue weighted by molar-refractivity contribution is 0.419. The third-order valence-corrected chi connectivity index (χ3v) is 2.74. The Morgan fingerprint density at radius 1 is 1.12 bits per heavy atom. The number of pyridine rings is 1. The van der Waals surface area contributed by atoms with Crippen molar-refractivity contribution >= 4 is 21.8 Å². The first kappa shape index (κ1) is 9.03. The number of hydrogen-bond donors (Lipinski definition) is 2. The minimum absolute atomic E-state index is 0.0138. The van der Waals surface area contributed by atoms with E-state index in [0.717, 1.165) is 16.4 Å². The normalized spacial score (nSPS) is 11.1. The third-order valence-electron chi connectivity index (χ3n) is 2.74. The van der Waals surface area contributed by atoms with Crippen LogP contribution in [0.3, 0.4) is 0 Å². The van der Waals surface area contributed by atoms with Gasteiger partial charge in [-0.15, -0.1) is 0 Å². The molecule has 4 nitrogen and oxygen atoms in total. The molecule has 0 aliphatic rings. The van der Waals surface area contributed by atoms with Crippen LogP contribution in [0.2, 0.25) is 0 Å². The summed E-state index contributed by atoms with van der Waals surface area (Å²) in [4.78, 5) is 18.0. The second-order valence-electron chi connectivity index (χ2n) is 3.61. The van der Waals surface area contributed by atoms with Crippen molar-refractivity contribution in [3.8, 4) is 5.75 Å². The van der Waals surface area contributed by atoms with Crippen molar-refractivity contribution in [2.75, 3.05) is 7.11 Å². The molecule has 3 aromatic rings. The van der Waals surface area contributed by atoms with Crippen molar-refractivity contribution in [3.63, 3.8) is 0 Å². The highest BCUT2D eigenvalue weighted by Crippen LogP contribution is 2.28. The molecule has 0 aliphatic heterocycles. The highest BCUT2D eigenvalue weighted by molar-refractivity contribution is 6.06. The van der Waals surface area contributed by atoms with Crippen LogP contribution in [0.4, 0.5) is 0 Å². The molecule has 0 saturated heterocycles. The van der Waals surface area contributed by atoms with Crippen LogP contribution >= 0.6 is 0 Å². The van der Waals surface area contributed by atoms with E-state index in [2.05, 4.69) is 9.97 Å². The number of hydrogen-bond acceptors (Lipinski definition) is 2. The molecule has 0 unspecified atom stereocenters. The summed E-state index contributed by atoms with van der Waals surface area (Å²) in [6.45, 7) is 0. The van der Waals surface area contributed by atoms with Crippen LogP contribution in [-0.4, -0.2) is 17.1 Å². The zero-order chi connectivity index (χ0) is 11.1. The van der Waals surface area contributed by atoms with Crippen LogP contribution in [0.1, 0.15) is 0 Å². The molecule has 0 amide bonds. The van der Waals surface area contributed by atoms with Gasteiger partial charge < -0.3 is 14.7 Å². The van der Waals surface area contributed by atoms with Gasteiger partial charge in [-0.1, -0.05) is 0 Å². The summed E-state index contributed by atoms with van der Waals surface area (Å²) in [5.41, 5.74) is 1.56. The van der Waals surface area contributed by atoms with Crippen LogP contribution in [-0.2, 0) is 0 Å². The van der Waals surface area contributed by atoms with Crippen LogP contribution in [0.25, 0.3) is 21.8 Å². The van der Waals surface area contributed by atoms with E-state index in [1.165, 1.54) is 6.07 Å². The van der Waals surface area contributed by atoms with Gasteiger partial charge in [0.25, 0.3) is 0 Å². The van der Waals surface area contributed by atoms with Gasteiger partial charge in [0, 0.05) is 23.8 Å².